The Hall–Kier alpha value is -2.70. The third-order valence-corrected chi connectivity index (χ3v) is 7.77. The van der Waals surface area contributed by atoms with Crippen LogP contribution >= 0.6 is 0 Å². The van der Waals surface area contributed by atoms with Gasteiger partial charge in [-0.05, 0) is 81.1 Å². The lowest BCUT2D eigenvalue weighted by Crippen LogP contribution is -2.41. The van der Waals surface area contributed by atoms with E-state index in [1.165, 1.54) is 35.0 Å². The Balaban J connectivity index is 1.32. The Labute approximate surface area is 209 Å². The standard InChI is InChI=1S/C29H39N3O3/c1-5-24-25-19-21(32-16-12-23(13-17-32)35-22-10-14-31(2)15-11-22)7-8-26(25)30-29(24)20-6-9-27(33-3)28(18-20)34-4/h6-9,18-19,22-23,30H,5,10-17H2,1-4H3. The fourth-order valence-electron chi connectivity index (χ4n) is 5.68. The number of anilines is 1. The summed E-state index contributed by atoms with van der Waals surface area (Å²) < 4.78 is 17.5. The highest BCUT2D eigenvalue weighted by molar-refractivity contribution is 5.93. The van der Waals surface area contributed by atoms with Crippen LogP contribution in [0.4, 0.5) is 5.69 Å². The van der Waals surface area contributed by atoms with Crippen molar-refractivity contribution in [1.29, 1.82) is 0 Å². The minimum absolute atomic E-state index is 0.401. The number of aryl methyl sites for hydroxylation is 1. The number of benzene rings is 2. The van der Waals surface area contributed by atoms with Crippen LogP contribution in [0.1, 0.15) is 38.2 Å². The summed E-state index contributed by atoms with van der Waals surface area (Å²) in [6, 6.07) is 13.0. The van der Waals surface area contributed by atoms with Gasteiger partial charge in [0.25, 0.3) is 0 Å². The van der Waals surface area contributed by atoms with Crippen LogP contribution in [-0.4, -0.2) is 69.5 Å². The van der Waals surface area contributed by atoms with Crippen LogP contribution in [-0.2, 0) is 11.2 Å². The molecule has 2 fully saturated rings. The van der Waals surface area contributed by atoms with Crippen LogP contribution in [0.2, 0.25) is 0 Å². The Bertz CT molecular complexity index is 1140. The first kappa shape index (κ1) is 24.0. The van der Waals surface area contributed by atoms with Crippen LogP contribution < -0.4 is 14.4 Å². The molecule has 0 amide bonds. The third-order valence-electron chi connectivity index (χ3n) is 7.77. The molecule has 0 bridgehead atoms. The maximum atomic E-state index is 6.48. The van der Waals surface area contributed by atoms with Gasteiger partial charge in [-0.1, -0.05) is 6.92 Å². The number of hydrogen-bond donors (Lipinski definition) is 1. The Kier molecular flexibility index (Phi) is 7.21. The number of aromatic amines is 1. The number of piperidine rings is 2. The number of H-pyrrole nitrogens is 1. The first-order chi connectivity index (χ1) is 17.1. The highest BCUT2D eigenvalue weighted by atomic mass is 16.5. The molecule has 3 aromatic rings. The van der Waals surface area contributed by atoms with E-state index in [2.05, 4.69) is 59.1 Å². The summed E-state index contributed by atoms with van der Waals surface area (Å²) in [6.07, 6.45) is 6.36. The van der Waals surface area contributed by atoms with Crippen molar-refractivity contribution in [1.82, 2.24) is 9.88 Å². The maximum absolute atomic E-state index is 6.48. The van der Waals surface area contributed by atoms with Gasteiger partial charge in [-0.3, -0.25) is 0 Å². The monoisotopic (exact) mass is 477 g/mol. The van der Waals surface area contributed by atoms with E-state index in [9.17, 15) is 0 Å². The molecule has 2 saturated heterocycles. The van der Waals surface area contributed by atoms with Crippen LogP contribution in [0.15, 0.2) is 36.4 Å². The molecule has 1 N–H and O–H groups in total. The number of methoxy groups -OCH3 is 2. The number of likely N-dealkylation sites (tertiary alicyclic amines) is 1. The quantitative estimate of drug-likeness (QED) is 0.487. The first-order valence-corrected chi connectivity index (χ1v) is 13.1. The van der Waals surface area contributed by atoms with E-state index in [1.54, 1.807) is 14.2 Å². The van der Waals surface area contributed by atoms with Crippen molar-refractivity contribution in [3.8, 4) is 22.8 Å². The first-order valence-electron chi connectivity index (χ1n) is 13.1. The molecule has 0 saturated carbocycles. The van der Waals surface area contributed by atoms with Crippen molar-refractivity contribution in [2.75, 3.05) is 52.3 Å². The van der Waals surface area contributed by atoms with Gasteiger partial charge in [0.15, 0.2) is 11.5 Å². The zero-order valence-electron chi connectivity index (χ0n) is 21.6. The Morgan fingerprint density at radius 2 is 1.54 bits per heavy atom. The van der Waals surface area contributed by atoms with Gasteiger partial charge in [-0.2, -0.15) is 0 Å². The SMILES string of the molecule is CCc1c(-c2ccc(OC)c(OC)c2)[nH]c2ccc(N3CCC(OC4CCN(C)CC4)CC3)cc12. The molecule has 5 rings (SSSR count). The number of ether oxygens (including phenoxy) is 3. The van der Waals surface area contributed by atoms with Crippen LogP contribution in [0.3, 0.4) is 0 Å². The summed E-state index contributed by atoms with van der Waals surface area (Å²) in [6.45, 7) is 6.65. The normalized spacial score (nSPS) is 18.3. The second-order valence-corrected chi connectivity index (χ2v) is 9.96. The Morgan fingerprint density at radius 3 is 2.20 bits per heavy atom. The van der Waals surface area contributed by atoms with Gasteiger partial charge < -0.3 is 29.0 Å². The summed E-state index contributed by atoms with van der Waals surface area (Å²) in [5.41, 5.74) is 6.10. The van der Waals surface area contributed by atoms with E-state index in [1.807, 2.05) is 6.07 Å². The van der Waals surface area contributed by atoms with Gasteiger partial charge in [-0.15, -0.1) is 0 Å². The molecule has 2 aromatic carbocycles. The van der Waals surface area contributed by atoms with Gasteiger partial charge in [0.05, 0.1) is 26.4 Å². The van der Waals surface area contributed by atoms with Gasteiger partial charge in [-0.25, -0.2) is 0 Å². The predicted molar refractivity (Wildman–Crippen MR) is 143 cm³/mol. The fraction of sp³-hybridized carbons (Fsp3) is 0.517. The topological polar surface area (TPSA) is 50.0 Å². The average Bonchev–Trinajstić information content (AvgIpc) is 3.28. The number of nitrogens with one attached hydrogen (secondary N) is 1. The number of hydrogen-bond acceptors (Lipinski definition) is 5. The van der Waals surface area contributed by atoms with E-state index in [4.69, 9.17) is 14.2 Å². The highest BCUT2D eigenvalue weighted by Gasteiger charge is 2.25. The number of nitrogens with zero attached hydrogens (tertiary/aromatic N) is 2. The second kappa shape index (κ2) is 10.5. The van der Waals surface area contributed by atoms with E-state index in [0.717, 1.165) is 68.2 Å². The van der Waals surface area contributed by atoms with Gasteiger partial charge in [0.1, 0.15) is 0 Å². The zero-order chi connectivity index (χ0) is 24.4. The minimum Gasteiger partial charge on any atom is -0.493 e. The summed E-state index contributed by atoms with van der Waals surface area (Å²) >= 11 is 0. The van der Waals surface area contributed by atoms with E-state index >= 15 is 0 Å². The maximum Gasteiger partial charge on any atom is 0.161 e. The molecular weight excluding hydrogens is 438 g/mol. The lowest BCUT2D eigenvalue weighted by atomic mass is 10.0. The molecule has 188 valence electrons. The van der Waals surface area contributed by atoms with Crippen LogP contribution in [0, 0.1) is 0 Å². The molecule has 6 nitrogen and oxygen atoms in total. The molecule has 6 heteroatoms. The van der Waals surface area contributed by atoms with E-state index in [0.29, 0.717) is 12.2 Å². The number of aromatic nitrogens is 1. The van der Waals surface area contributed by atoms with Crippen LogP contribution in [0.5, 0.6) is 11.5 Å². The predicted octanol–water partition coefficient (Wildman–Crippen LogP) is 5.49. The molecule has 0 unspecified atom stereocenters. The molecule has 2 aliphatic heterocycles. The molecule has 2 aliphatic rings. The summed E-state index contributed by atoms with van der Waals surface area (Å²) in [5, 5.41) is 1.31. The molecule has 0 radical (unpaired) electrons. The van der Waals surface area contributed by atoms with Gasteiger partial charge >= 0.3 is 0 Å². The zero-order valence-corrected chi connectivity index (χ0v) is 21.6. The van der Waals surface area contributed by atoms with E-state index in [-0.39, 0.29) is 0 Å². The smallest absolute Gasteiger partial charge is 0.161 e. The largest absolute Gasteiger partial charge is 0.493 e. The van der Waals surface area contributed by atoms with Crippen LogP contribution in [0.25, 0.3) is 22.2 Å². The summed E-state index contributed by atoms with van der Waals surface area (Å²) in [5.74, 6) is 1.49. The third kappa shape index (κ3) is 5.00. The number of rotatable bonds is 7. The van der Waals surface area contributed by atoms with Gasteiger partial charge in [0, 0.05) is 54.0 Å². The molecular formula is C29H39N3O3. The van der Waals surface area contributed by atoms with Crippen molar-refractivity contribution in [3.05, 3.63) is 42.0 Å². The van der Waals surface area contributed by atoms with Crippen molar-refractivity contribution in [3.63, 3.8) is 0 Å². The molecule has 0 aliphatic carbocycles. The molecule has 3 heterocycles. The van der Waals surface area contributed by atoms with Gasteiger partial charge in [0.2, 0.25) is 0 Å². The average molecular weight is 478 g/mol. The molecule has 0 atom stereocenters. The minimum atomic E-state index is 0.401. The fourth-order valence-corrected chi connectivity index (χ4v) is 5.68. The molecule has 0 spiro atoms. The second-order valence-electron chi connectivity index (χ2n) is 9.96. The lowest BCUT2D eigenvalue weighted by Gasteiger charge is -2.37. The number of fused-ring (bicyclic) bond motifs is 1. The Morgan fingerprint density at radius 1 is 0.857 bits per heavy atom. The van der Waals surface area contributed by atoms with Crippen molar-refractivity contribution < 1.29 is 14.2 Å². The van der Waals surface area contributed by atoms with E-state index < -0.39 is 0 Å². The molecule has 35 heavy (non-hydrogen) atoms. The lowest BCUT2D eigenvalue weighted by molar-refractivity contribution is -0.0482. The summed E-state index contributed by atoms with van der Waals surface area (Å²) in [7, 11) is 5.56. The molecule has 1 aromatic heterocycles. The van der Waals surface area contributed by atoms with Crippen molar-refractivity contribution in [2.45, 2.75) is 51.2 Å². The van der Waals surface area contributed by atoms with Crippen molar-refractivity contribution in [2.24, 2.45) is 0 Å². The summed E-state index contributed by atoms with van der Waals surface area (Å²) in [4.78, 5) is 8.60. The van der Waals surface area contributed by atoms with Crippen molar-refractivity contribution >= 4 is 16.6 Å². The highest BCUT2D eigenvalue weighted by Crippen LogP contribution is 2.37.